The molecule has 0 aliphatic carbocycles. The Morgan fingerprint density at radius 1 is 1.17 bits per heavy atom. The molecule has 0 radical (unpaired) electrons. The summed E-state index contributed by atoms with van der Waals surface area (Å²) in [5.41, 5.74) is 0. The van der Waals surface area contributed by atoms with E-state index >= 15 is 0 Å². The monoisotopic (exact) mass is 448 g/mol. The fraction of sp³-hybridized carbons (Fsp3) is 0.421. The molecule has 1 unspecified atom stereocenters. The number of thioether (sulfide) groups is 1. The number of carbonyl (C=O) groups excluding carboxylic acids is 1. The molecule has 1 atom stereocenters. The molecule has 11 heteroatoms. The van der Waals surface area contributed by atoms with Crippen LogP contribution in [-0.4, -0.2) is 43.7 Å². The lowest BCUT2D eigenvalue weighted by molar-refractivity contribution is -0.113. The molecule has 1 aromatic carbocycles. The van der Waals surface area contributed by atoms with Crippen LogP contribution in [0.1, 0.15) is 43.7 Å². The van der Waals surface area contributed by atoms with Crippen molar-refractivity contribution in [3.05, 3.63) is 35.1 Å². The van der Waals surface area contributed by atoms with Crippen LogP contribution in [0.4, 0.5) is 5.13 Å². The van der Waals surface area contributed by atoms with Gasteiger partial charge in [-0.3, -0.25) is 10.1 Å². The summed E-state index contributed by atoms with van der Waals surface area (Å²) in [5.74, 6) is 1.98. The Bertz CT molecular complexity index is 1000. The van der Waals surface area contributed by atoms with Crippen molar-refractivity contribution in [1.82, 2.24) is 25.0 Å². The number of carbonyl (C=O) groups is 1. The zero-order chi connectivity index (χ0) is 21.7. The summed E-state index contributed by atoms with van der Waals surface area (Å²) < 4.78 is 13.4. The molecule has 0 aliphatic rings. The van der Waals surface area contributed by atoms with Crippen LogP contribution >= 0.6 is 23.1 Å². The first kappa shape index (κ1) is 22.0. The van der Waals surface area contributed by atoms with Crippen LogP contribution in [0, 0.1) is 6.92 Å². The molecule has 0 spiro atoms. The van der Waals surface area contributed by atoms with Gasteiger partial charge < -0.3 is 14.0 Å². The number of benzene rings is 1. The van der Waals surface area contributed by atoms with E-state index in [2.05, 4.69) is 25.7 Å². The van der Waals surface area contributed by atoms with Gasteiger partial charge in [0.1, 0.15) is 5.01 Å². The number of amides is 1. The lowest BCUT2D eigenvalue weighted by Crippen LogP contribution is -2.16. The van der Waals surface area contributed by atoms with Crippen LogP contribution in [-0.2, 0) is 4.79 Å². The van der Waals surface area contributed by atoms with Gasteiger partial charge in [0, 0.05) is 6.04 Å². The second-order valence-electron chi connectivity index (χ2n) is 6.68. The number of nitrogens with one attached hydrogen (secondary N) is 1. The van der Waals surface area contributed by atoms with Crippen molar-refractivity contribution in [3.63, 3.8) is 0 Å². The molecule has 30 heavy (non-hydrogen) atoms. The predicted molar refractivity (Wildman–Crippen MR) is 116 cm³/mol. The predicted octanol–water partition coefficient (Wildman–Crippen LogP) is 3.90. The molecule has 0 saturated heterocycles. The molecule has 0 fully saturated rings. The van der Waals surface area contributed by atoms with E-state index in [4.69, 9.17) is 9.47 Å². The van der Waals surface area contributed by atoms with Gasteiger partial charge in [-0.1, -0.05) is 35.2 Å². The number of hydrogen-bond acceptors (Lipinski definition) is 9. The Kier molecular flexibility index (Phi) is 7.27. The molecule has 9 nitrogen and oxygen atoms in total. The minimum atomic E-state index is -0.358. The zero-order valence-corrected chi connectivity index (χ0v) is 19.1. The summed E-state index contributed by atoms with van der Waals surface area (Å²) in [7, 11) is 1.60. The maximum absolute atomic E-state index is 12.2. The Morgan fingerprint density at radius 3 is 2.53 bits per heavy atom. The van der Waals surface area contributed by atoms with E-state index < -0.39 is 0 Å². The van der Waals surface area contributed by atoms with Crippen LogP contribution in [0.3, 0.4) is 0 Å². The average molecular weight is 449 g/mol. The van der Waals surface area contributed by atoms with Crippen molar-refractivity contribution in [3.8, 4) is 11.5 Å². The number of hydrogen-bond donors (Lipinski definition) is 1. The molecule has 1 N–H and O–H groups in total. The Balaban J connectivity index is 1.70. The molecular formula is C19H24N6O3S2. The smallest absolute Gasteiger partial charge is 0.236 e. The van der Waals surface area contributed by atoms with Gasteiger partial charge in [-0.15, -0.1) is 20.4 Å². The van der Waals surface area contributed by atoms with Gasteiger partial charge >= 0.3 is 0 Å². The molecule has 2 heterocycles. The number of ether oxygens (including phenoxy) is 2. The number of aromatic nitrogens is 5. The number of rotatable bonds is 9. The van der Waals surface area contributed by atoms with Crippen molar-refractivity contribution in [2.75, 3.05) is 18.2 Å². The number of anilines is 1. The summed E-state index contributed by atoms with van der Waals surface area (Å²) in [6, 6.07) is 7.55. The number of methoxy groups -OCH3 is 1. The molecule has 160 valence electrons. The van der Waals surface area contributed by atoms with Gasteiger partial charge in [0.25, 0.3) is 0 Å². The maximum Gasteiger partial charge on any atom is 0.236 e. The van der Waals surface area contributed by atoms with Gasteiger partial charge in [-0.25, -0.2) is 0 Å². The molecular weight excluding hydrogens is 424 g/mol. The highest BCUT2D eigenvalue weighted by molar-refractivity contribution is 7.99. The highest BCUT2D eigenvalue weighted by Crippen LogP contribution is 2.32. The summed E-state index contributed by atoms with van der Waals surface area (Å²) in [4.78, 5) is 12.2. The van der Waals surface area contributed by atoms with Crippen LogP contribution in [0.15, 0.2) is 29.4 Å². The van der Waals surface area contributed by atoms with E-state index in [1.54, 1.807) is 7.11 Å². The van der Waals surface area contributed by atoms with E-state index in [0.717, 1.165) is 5.01 Å². The first-order valence-corrected chi connectivity index (χ1v) is 11.2. The lowest BCUT2D eigenvalue weighted by atomic mass is 10.3. The van der Waals surface area contributed by atoms with Crippen LogP contribution in [0.25, 0.3) is 0 Å². The second kappa shape index (κ2) is 9.90. The van der Waals surface area contributed by atoms with Crippen LogP contribution in [0.5, 0.6) is 11.5 Å². The topological polar surface area (TPSA) is 104 Å². The normalized spacial score (nSPS) is 12.1. The SMILES string of the molecule is COc1ccccc1OC(C)c1nnc(SCC(=O)Nc2nnc(C)s2)n1C(C)C. The van der Waals surface area contributed by atoms with Crippen molar-refractivity contribution in [2.24, 2.45) is 0 Å². The van der Waals surface area contributed by atoms with E-state index in [-0.39, 0.29) is 23.8 Å². The Hall–Kier alpha value is -2.66. The van der Waals surface area contributed by atoms with Gasteiger partial charge in [0.2, 0.25) is 11.0 Å². The summed E-state index contributed by atoms with van der Waals surface area (Å²) in [6.07, 6.45) is -0.358. The third kappa shape index (κ3) is 5.28. The van der Waals surface area contributed by atoms with Crippen LogP contribution in [0.2, 0.25) is 0 Å². The fourth-order valence-corrected chi connectivity index (χ4v) is 4.22. The zero-order valence-electron chi connectivity index (χ0n) is 17.4. The van der Waals surface area contributed by atoms with Crippen molar-refractivity contribution in [2.45, 2.75) is 45.0 Å². The van der Waals surface area contributed by atoms with Crippen molar-refractivity contribution < 1.29 is 14.3 Å². The Labute approximate surface area is 183 Å². The molecule has 0 aliphatic heterocycles. The number of nitrogens with zero attached hydrogens (tertiary/aromatic N) is 5. The molecule has 2 aromatic heterocycles. The number of para-hydroxylation sites is 2. The molecule has 1 amide bonds. The molecule has 3 rings (SSSR count). The maximum atomic E-state index is 12.2. The molecule has 3 aromatic rings. The second-order valence-corrected chi connectivity index (χ2v) is 8.80. The molecule has 0 saturated carbocycles. The lowest BCUT2D eigenvalue weighted by Gasteiger charge is -2.19. The van der Waals surface area contributed by atoms with E-state index in [1.807, 2.05) is 56.5 Å². The van der Waals surface area contributed by atoms with Crippen molar-refractivity contribution in [1.29, 1.82) is 0 Å². The molecule has 0 bridgehead atoms. The minimum absolute atomic E-state index is 0.0927. The van der Waals surface area contributed by atoms with E-state index in [0.29, 0.717) is 27.6 Å². The van der Waals surface area contributed by atoms with E-state index in [9.17, 15) is 4.79 Å². The number of aryl methyl sites for hydroxylation is 1. The first-order chi connectivity index (χ1) is 14.4. The van der Waals surface area contributed by atoms with Gasteiger partial charge in [-0.2, -0.15) is 0 Å². The largest absolute Gasteiger partial charge is 0.493 e. The van der Waals surface area contributed by atoms with Crippen molar-refractivity contribution >= 4 is 34.1 Å². The quantitative estimate of drug-likeness (QED) is 0.492. The minimum Gasteiger partial charge on any atom is -0.493 e. The summed E-state index contributed by atoms with van der Waals surface area (Å²) >= 11 is 2.65. The van der Waals surface area contributed by atoms with Gasteiger partial charge in [0.05, 0.1) is 12.9 Å². The standard InChI is InChI=1S/C19H24N6O3S2/c1-11(2)25-17(12(3)28-15-9-7-6-8-14(15)27-5)22-24-19(25)29-10-16(26)20-18-23-21-13(4)30-18/h6-9,11-12H,10H2,1-5H3,(H,20,23,26). The van der Waals surface area contributed by atoms with E-state index in [1.165, 1.54) is 23.1 Å². The van der Waals surface area contributed by atoms with Crippen LogP contribution < -0.4 is 14.8 Å². The average Bonchev–Trinajstić information content (AvgIpc) is 3.32. The third-order valence-electron chi connectivity index (χ3n) is 4.05. The third-order valence-corrected chi connectivity index (χ3v) is 5.75. The summed E-state index contributed by atoms with van der Waals surface area (Å²) in [5, 5.41) is 21.1. The fourth-order valence-electron chi connectivity index (χ4n) is 2.74. The Morgan fingerprint density at radius 2 is 1.90 bits per heavy atom. The highest BCUT2D eigenvalue weighted by Gasteiger charge is 2.23. The first-order valence-electron chi connectivity index (χ1n) is 9.36. The van der Waals surface area contributed by atoms with Gasteiger partial charge in [0.15, 0.2) is 28.6 Å². The summed E-state index contributed by atoms with van der Waals surface area (Å²) in [6.45, 7) is 7.82. The van der Waals surface area contributed by atoms with Gasteiger partial charge in [-0.05, 0) is 39.8 Å². The highest BCUT2D eigenvalue weighted by atomic mass is 32.2.